The lowest BCUT2D eigenvalue weighted by Crippen LogP contribution is -2.52. The minimum Gasteiger partial charge on any atom is -0.494 e. The van der Waals surface area contributed by atoms with Crippen molar-refractivity contribution in [3.05, 3.63) is 29.8 Å². The molecule has 3 atom stereocenters. The largest absolute Gasteiger partial charge is 0.494 e. The van der Waals surface area contributed by atoms with Crippen LogP contribution in [0.25, 0.3) is 0 Å². The maximum absolute atomic E-state index is 13.7. The lowest BCUT2D eigenvalue weighted by atomic mass is 9.81. The first-order valence-corrected chi connectivity index (χ1v) is 20.4. The van der Waals surface area contributed by atoms with Crippen molar-refractivity contribution in [3.63, 3.8) is 0 Å². The van der Waals surface area contributed by atoms with E-state index in [-0.39, 0.29) is 95.6 Å². The Kier molecular flexibility index (Phi) is 25.1. The summed E-state index contributed by atoms with van der Waals surface area (Å²) in [6.45, 7) is 6.24. The average molecular weight is 854 g/mol. The maximum Gasteiger partial charge on any atom is 0.247 e. The third kappa shape index (κ3) is 22.8. The van der Waals surface area contributed by atoms with Crippen molar-refractivity contribution in [1.82, 2.24) is 37.4 Å². The Labute approximate surface area is 348 Å². The molecule has 3 rings (SSSR count). The number of benzene rings is 1. The van der Waals surface area contributed by atoms with Crippen molar-refractivity contribution < 1.29 is 62.5 Å². The summed E-state index contributed by atoms with van der Waals surface area (Å²) >= 11 is 0.809. The minimum atomic E-state index is -0.937. The zero-order valence-corrected chi connectivity index (χ0v) is 34.7. The molecular formula is C38H59N7O13S. The summed E-state index contributed by atoms with van der Waals surface area (Å²) in [5, 5.41) is 24.4. The molecule has 330 valence electrons. The first kappa shape index (κ1) is 50.3. The standard InChI is InChI=1S/C38H59N7O13S/c1-25(2)19-30-29(37(52)45-54)5-4-12-58-28-8-6-27(7-9-28)20-31(44-36(30)51)38(53)40-11-14-56-16-18-57-17-15-55-13-10-39-32(47)21-41-33(48)22-42-34(49)23-43-35(50)24-59-26(3)46/h6-9,25,29-31,54H,4-5,10-24H2,1-3H3,(H,39,47)(H,40,53)(H,41,48)(H,42,49)(H,43,50)(H,44,51)(H,45,52)/t29-,30+,31-/m0/s1. The Morgan fingerprint density at radius 2 is 1.32 bits per heavy atom. The van der Waals surface area contributed by atoms with Gasteiger partial charge in [-0.3, -0.25) is 43.6 Å². The number of fused-ring (bicyclic) bond motifs is 11. The first-order chi connectivity index (χ1) is 28.3. The van der Waals surface area contributed by atoms with E-state index in [9.17, 15) is 43.6 Å². The highest BCUT2D eigenvalue weighted by molar-refractivity contribution is 8.14. The molecular weight excluding hydrogens is 795 g/mol. The van der Waals surface area contributed by atoms with Crippen molar-refractivity contribution in [2.24, 2.45) is 17.8 Å². The molecule has 59 heavy (non-hydrogen) atoms. The second kappa shape index (κ2) is 29.4. The lowest BCUT2D eigenvalue weighted by molar-refractivity contribution is -0.142. The SMILES string of the molecule is CC(=O)SCC(=O)NCC(=O)NCC(=O)NCC(=O)NCCOCCOCCOCCNC(=O)[C@@H]1Cc2ccc(cc2)OCCC[C@H](C(=O)NO)[C@@H](CC(C)C)C(=O)N1. The molecule has 20 nitrogen and oxygen atoms in total. The Morgan fingerprint density at radius 1 is 0.780 bits per heavy atom. The van der Waals surface area contributed by atoms with Crippen LogP contribution >= 0.6 is 11.8 Å². The normalized spacial score (nSPS) is 16.8. The minimum absolute atomic E-state index is 0.0649. The van der Waals surface area contributed by atoms with E-state index in [1.54, 1.807) is 17.6 Å². The van der Waals surface area contributed by atoms with Gasteiger partial charge in [0.25, 0.3) is 0 Å². The molecule has 0 radical (unpaired) electrons. The van der Waals surface area contributed by atoms with Crippen LogP contribution in [0.1, 0.15) is 45.6 Å². The Morgan fingerprint density at radius 3 is 1.88 bits per heavy atom. The van der Waals surface area contributed by atoms with Crippen LogP contribution in [-0.2, 0) is 59.0 Å². The molecule has 0 saturated carbocycles. The number of hydrogen-bond donors (Lipinski definition) is 8. The number of carbonyl (C=O) groups is 8. The smallest absolute Gasteiger partial charge is 0.247 e. The van der Waals surface area contributed by atoms with Gasteiger partial charge in [-0.2, -0.15) is 0 Å². The van der Waals surface area contributed by atoms with Crippen LogP contribution in [0.4, 0.5) is 0 Å². The van der Waals surface area contributed by atoms with Crippen LogP contribution in [0.15, 0.2) is 24.3 Å². The second-order valence-corrected chi connectivity index (χ2v) is 15.0. The van der Waals surface area contributed by atoms with Crippen molar-refractivity contribution >= 4 is 58.2 Å². The predicted octanol–water partition coefficient (Wildman–Crippen LogP) is -1.42. The van der Waals surface area contributed by atoms with Gasteiger partial charge in [-0.1, -0.05) is 37.7 Å². The topological polar surface area (TPSA) is 278 Å². The number of rotatable bonds is 24. The molecule has 0 aromatic heterocycles. The molecule has 0 unspecified atom stereocenters. The molecule has 0 aliphatic carbocycles. The van der Waals surface area contributed by atoms with Crippen LogP contribution in [0.2, 0.25) is 0 Å². The van der Waals surface area contributed by atoms with Crippen LogP contribution in [0.5, 0.6) is 5.75 Å². The van der Waals surface area contributed by atoms with Crippen LogP contribution in [0, 0.1) is 17.8 Å². The monoisotopic (exact) mass is 853 g/mol. The van der Waals surface area contributed by atoms with E-state index >= 15 is 0 Å². The molecule has 1 aromatic carbocycles. The fraction of sp³-hybridized carbons (Fsp3) is 0.632. The van der Waals surface area contributed by atoms with Crippen LogP contribution in [-0.4, -0.2) is 142 Å². The molecule has 0 fully saturated rings. The van der Waals surface area contributed by atoms with Crippen molar-refractivity contribution in [2.45, 2.75) is 52.5 Å². The van der Waals surface area contributed by atoms with Gasteiger partial charge in [0.1, 0.15) is 11.8 Å². The second-order valence-electron chi connectivity index (χ2n) is 13.8. The summed E-state index contributed by atoms with van der Waals surface area (Å²) < 4.78 is 22.3. The highest BCUT2D eigenvalue weighted by atomic mass is 32.2. The summed E-state index contributed by atoms with van der Waals surface area (Å²) in [5.74, 6) is -4.69. The third-order valence-electron chi connectivity index (χ3n) is 8.52. The van der Waals surface area contributed by atoms with Gasteiger partial charge < -0.3 is 50.8 Å². The first-order valence-electron chi connectivity index (χ1n) is 19.5. The fourth-order valence-electron chi connectivity index (χ4n) is 5.61. The molecule has 1 aromatic rings. The highest BCUT2D eigenvalue weighted by Gasteiger charge is 2.36. The highest BCUT2D eigenvalue weighted by Crippen LogP contribution is 2.27. The van der Waals surface area contributed by atoms with Gasteiger partial charge in [0.05, 0.1) is 77.6 Å². The van der Waals surface area contributed by atoms with E-state index in [1.165, 1.54) is 6.92 Å². The van der Waals surface area contributed by atoms with E-state index in [2.05, 4.69) is 31.9 Å². The van der Waals surface area contributed by atoms with E-state index in [4.69, 9.17) is 18.9 Å². The van der Waals surface area contributed by atoms with Crippen molar-refractivity contribution in [1.29, 1.82) is 0 Å². The fourth-order valence-corrected chi connectivity index (χ4v) is 6.05. The number of hydrogen-bond acceptors (Lipinski definition) is 14. The van der Waals surface area contributed by atoms with E-state index in [1.807, 2.05) is 26.0 Å². The quantitative estimate of drug-likeness (QED) is 0.0337. The summed E-state index contributed by atoms with van der Waals surface area (Å²) in [5.41, 5.74) is 2.50. The number of nitrogens with one attached hydrogen (secondary N) is 7. The molecule has 2 aliphatic heterocycles. The molecule has 2 heterocycles. The summed E-state index contributed by atoms with van der Waals surface area (Å²) in [4.78, 5) is 97.6. The van der Waals surface area contributed by atoms with E-state index in [0.29, 0.717) is 31.6 Å². The van der Waals surface area contributed by atoms with Gasteiger partial charge >= 0.3 is 0 Å². The number of carbonyl (C=O) groups excluding carboxylic acids is 8. The Bertz CT molecular complexity index is 1520. The molecule has 0 saturated heterocycles. The Balaban J connectivity index is 1.61. The van der Waals surface area contributed by atoms with E-state index < -0.39 is 59.2 Å². The van der Waals surface area contributed by atoms with Gasteiger partial charge in [0.2, 0.25) is 41.4 Å². The number of amides is 7. The van der Waals surface area contributed by atoms with Gasteiger partial charge in [-0.25, -0.2) is 5.48 Å². The van der Waals surface area contributed by atoms with Gasteiger partial charge in [-0.05, 0) is 42.9 Å². The van der Waals surface area contributed by atoms with Crippen LogP contribution in [0.3, 0.4) is 0 Å². The summed E-state index contributed by atoms with van der Waals surface area (Å²) in [7, 11) is 0. The van der Waals surface area contributed by atoms with Gasteiger partial charge in [0, 0.05) is 32.4 Å². The zero-order valence-electron chi connectivity index (χ0n) is 33.9. The zero-order chi connectivity index (χ0) is 43.4. The molecule has 0 spiro atoms. The number of ether oxygens (including phenoxy) is 4. The molecule has 2 bridgehead atoms. The summed E-state index contributed by atoms with van der Waals surface area (Å²) in [6, 6.07) is 6.31. The maximum atomic E-state index is 13.7. The van der Waals surface area contributed by atoms with Gasteiger partial charge in [0.15, 0.2) is 5.12 Å². The van der Waals surface area contributed by atoms with Crippen molar-refractivity contribution in [3.8, 4) is 5.75 Å². The lowest BCUT2D eigenvalue weighted by Gasteiger charge is -2.29. The molecule has 2 aliphatic rings. The summed E-state index contributed by atoms with van der Waals surface area (Å²) in [6.07, 6.45) is 1.35. The van der Waals surface area contributed by atoms with Crippen molar-refractivity contribution in [2.75, 3.05) is 84.7 Å². The average Bonchev–Trinajstić information content (AvgIpc) is 3.21. The Hall–Kier alpha value is -4.83. The third-order valence-corrected chi connectivity index (χ3v) is 9.34. The van der Waals surface area contributed by atoms with Crippen LogP contribution < -0.4 is 42.1 Å². The predicted molar refractivity (Wildman–Crippen MR) is 214 cm³/mol. The van der Waals surface area contributed by atoms with E-state index in [0.717, 1.165) is 17.3 Å². The molecule has 21 heteroatoms. The number of hydroxylamine groups is 1. The van der Waals surface area contributed by atoms with Gasteiger partial charge in [-0.15, -0.1) is 0 Å². The molecule has 7 amide bonds. The molecule has 8 N–H and O–H groups in total. The number of thioether (sulfide) groups is 1.